The van der Waals surface area contributed by atoms with Crippen LogP contribution in [0.4, 0.5) is 4.39 Å². The van der Waals surface area contributed by atoms with E-state index in [4.69, 9.17) is 0 Å². The largest absolute Gasteiger partial charge is 0.340 e. The fraction of sp³-hybridized carbons (Fsp3) is 0.529. The third-order valence-corrected chi connectivity index (χ3v) is 4.24. The van der Waals surface area contributed by atoms with Gasteiger partial charge in [-0.15, -0.1) is 0 Å². The fourth-order valence-corrected chi connectivity index (χ4v) is 3.05. The Kier molecular flexibility index (Phi) is 4.95. The lowest BCUT2D eigenvalue weighted by Crippen LogP contribution is -2.40. The average Bonchev–Trinajstić information content (AvgIpc) is 2.72. The molecule has 0 unspecified atom stereocenters. The van der Waals surface area contributed by atoms with Crippen LogP contribution in [-0.2, 0) is 11.3 Å². The first-order chi connectivity index (χ1) is 10.1. The first kappa shape index (κ1) is 15.5. The molecule has 21 heavy (non-hydrogen) atoms. The normalized spacial score (nSPS) is 17.6. The van der Waals surface area contributed by atoms with Crippen LogP contribution in [0.3, 0.4) is 0 Å². The molecular formula is C17H21FN2O. The van der Waals surface area contributed by atoms with Crippen molar-refractivity contribution in [2.45, 2.75) is 45.1 Å². The molecule has 4 heteroatoms. The third kappa shape index (κ3) is 3.60. The van der Waals surface area contributed by atoms with Crippen molar-refractivity contribution >= 4 is 5.91 Å². The molecule has 1 amide bonds. The van der Waals surface area contributed by atoms with Gasteiger partial charge in [-0.25, -0.2) is 4.39 Å². The molecule has 0 saturated heterocycles. The van der Waals surface area contributed by atoms with Crippen LogP contribution in [0.25, 0.3) is 0 Å². The minimum atomic E-state index is -0.890. The van der Waals surface area contributed by atoms with Gasteiger partial charge in [0.1, 0.15) is 11.2 Å². The lowest BCUT2D eigenvalue weighted by molar-refractivity contribution is -0.138. The molecule has 112 valence electrons. The maximum atomic E-state index is 13.2. The molecule has 1 aromatic rings. The Labute approximate surface area is 125 Å². The molecule has 0 spiro atoms. The summed E-state index contributed by atoms with van der Waals surface area (Å²) in [5.41, 5.74) is -0.147. The van der Waals surface area contributed by atoms with Crippen LogP contribution in [0.2, 0.25) is 0 Å². The third-order valence-electron chi connectivity index (χ3n) is 4.24. The summed E-state index contributed by atoms with van der Waals surface area (Å²) in [5, 5.41) is 9.54. The lowest BCUT2D eigenvalue weighted by Gasteiger charge is -2.29. The Hall–Kier alpha value is -1.89. The standard InChI is InChI=1S/C17H21FN2O/c1-20(12-14-7-6-8-15(18)11-14)16(21)17(13-19)9-4-2-3-5-10-17/h6-8,11H,2-5,9-10,12H2,1H3. The summed E-state index contributed by atoms with van der Waals surface area (Å²) in [6.45, 7) is 0.333. The van der Waals surface area contributed by atoms with Crippen molar-refractivity contribution in [2.24, 2.45) is 5.41 Å². The summed E-state index contributed by atoms with van der Waals surface area (Å²) in [6, 6.07) is 8.50. The predicted octanol–water partition coefficient (Wildman–Crippen LogP) is 3.65. The molecule has 1 saturated carbocycles. The van der Waals surface area contributed by atoms with Gasteiger partial charge < -0.3 is 4.90 Å². The van der Waals surface area contributed by atoms with Gasteiger partial charge in [-0.3, -0.25) is 4.79 Å². The monoisotopic (exact) mass is 288 g/mol. The molecule has 1 aliphatic rings. The van der Waals surface area contributed by atoms with E-state index in [0.29, 0.717) is 19.4 Å². The Morgan fingerprint density at radius 2 is 2.00 bits per heavy atom. The lowest BCUT2D eigenvalue weighted by atomic mass is 9.80. The topological polar surface area (TPSA) is 44.1 Å². The number of halogens is 1. The van der Waals surface area contributed by atoms with Gasteiger partial charge in [-0.2, -0.15) is 5.26 Å². The highest BCUT2D eigenvalue weighted by Gasteiger charge is 2.40. The van der Waals surface area contributed by atoms with Crippen molar-refractivity contribution in [2.75, 3.05) is 7.05 Å². The first-order valence-electron chi connectivity index (χ1n) is 7.49. The van der Waals surface area contributed by atoms with Crippen LogP contribution in [0.1, 0.15) is 44.1 Å². The number of carbonyl (C=O) groups is 1. The number of hydrogen-bond donors (Lipinski definition) is 0. The smallest absolute Gasteiger partial charge is 0.243 e. The van der Waals surface area contributed by atoms with Gasteiger partial charge in [0.05, 0.1) is 6.07 Å². The van der Waals surface area contributed by atoms with Crippen LogP contribution >= 0.6 is 0 Å². The molecule has 0 bridgehead atoms. The molecule has 3 nitrogen and oxygen atoms in total. The average molecular weight is 288 g/mol. The van der Waals surface area contributed by atoms with Crippen LogP contribution in [-0.4, -0.2) is 17.9 Å². The van der Waals surface area contributed by atoms with Crippen molar-refractivity contribution in [1.82, 2.24) is 4.90 Å². The van der Waals surface area contributed by atoms with E-state index < -0.39 is 5.41 Å². The van der Waals surface area contributed by atoms with Gasteiger partial charge in [0, 0.05) is 13.6 Å². The number of benzene rings is 1. The van der Waals surface area contributed by atoms with Gasteiger partial charge in [0.2, 0.25) is 5.91 Å². The molecule has 0 atom stereocenters. The summed E-state index contributed by atoms with van der Waals surface area (Å²) < 4.78 is 13.2. The second-order valence-electron chi connectivity index (χ2n) is 5.90. The second-order valence-corrected chi connectivity index (χ2v) is 5.90. The molecule has 1 aliphatic carbocycles. The highest BCUT2D eigenvalue weighted by molar-refractivity contribution is 5.85. The summed E-state index contributed by atoms with van der Waals surface area (Å²) >= 11 is 0. The number of rotatable bonds is 3. The van der Waals surface area contributed by atoms with Gasteiger partial charge in [0.15, 0.2) is 0 Å². The molecule has 0 radical (unpaired) electrons. The van der Waals surface area contributed by atoms with Crippen molar-refractivity contribution in [3.8, 4) is 6.07 Å². The van der Waals surface area contributed by atoms with Crippen LogP contribution in [0.5, 0.6) is 0 Å². The maximum Gasteiger partial charge on any atom is 0.243 e. The second kappa shape index (κ2) is 6.71. The Bertz CT molecular complexity index is 542. The van der Waals surface area contributed by atoms with E-state index in [9.17, 15) is 14.4 Å². The molecular weight excluding hydrogens is 267 g/mol. The number of hydrogen-bond acceptors (Lipinski definition) is 2. The number of nitrogens with zero attached hydrogens (tertiary/aromatic N) is 2. The summed E-state index contributed by atoms with van der Waals surface area (Å²) in [5.74, 6) is -0.436. The summed E-state index contributed by atoms with van der Waals surface area (Å²) in [6.07, 6.45) is 5.29. The molecule has 0 N–H and O–H groups in total. The van der Waals surface area contributed by atoms with Crippen molar-refractivity contribution < 1.29 is 9.18 Å². The predicted molar refractivity (Wildman–Crippen MR) is 78.6 cm³/mol. The van der Waals surface area contributed by atoms with Gasteiger partial charge >= 0.3 is 0 Å². The van der Waals surface area contributed by atoms with E-state index in [2.05, 4.69) is 6.07 Å². The van der Waals surface area contributed by atoms with Crippen molar-refractivity contribution in [3.05, 3.63) is 35.6 Å². The highest BCUT2D eigenvalue weighted by Crippen LogP contribution is 2.36. The Morgan fingerprint density at radius 3 is 2.57 bits per heavy atom. The molecule has 1 fully saturated rings. The van der Waals surface area contributed by atoms with E-state index in [1.807, 2.05) is 0 Å². The van der Waals surface area contributed by atoms with E-state index in [-0.39, 0.29) is 11.7 Å². The van der Waals surface area contributed by atoms with E-state index >= 15 is 0 Å². The number of carbonyl (C=O) groups excluding carboxylic acids is 1. The molecule has 0 heterocycles. The molecule has 1 aromatic carbocycles. The van der Waals surface area contributed by atoms with Crippen LogP contribution in [0, 0.1) is 22.6 Å². The molecule has 2 rings (SSSR count). The number of nitriles is 1. The quantitative estimate of drug-likeness (QED) is 0.797. The van der Waals surface area contributed by atoms with Crippen molar-refractivity contribution in [1.29, 1.82) is 5.26 Å². The summed E-state index contributed by atoms with van der Waals surface area (Å²) in [4.78, 5) is 14.3. The Balaban J connectivity index is 2.11. The minimum absolute atomic E-state index is 0.129. The van der Waals surface area contributed by atoms with Crippen LogP contribution < -0.4 is 0 Å². The molecule has 0 aliphatic heterocycles. The zero-order valence-corrected chi connectivity index (χ0v) is 12.4. The SMILES string of the molecule is CN(Cc1cccc(F)c1)C(=O)C1(C#N)CCCCCC1. The number of amides is 1. The van der Waals surface area contributed by atoms with Gasteiger partial charge in [0.25, 0.3) is 0 Å². The fourth-order valence-electron chi connectivity index (χ4n) is 3.05. The van der Waals surface area contributed by atoms with Gasteiger partial charge in [-0.1, -0.05) is 37.8 Å². The molecule has 0 aromatic heterocycles. The zero-order valence-electron chi connectivity index (χ0n) is 12.4. The highest BCUT2D eigenvalue weighted by atomic mass is 19.1. The Morgan fingerprint density at radius 1 is 1.33 bits per heavy atom. The summed E-state index contributed by atoms with van der Waals surface area (Å²) in [7, 11) is 1.69. The minimum Gasteiger partial charge on any atom is -0.340 e. The van der Waals surface area contributed by atoms with Gasteiger partial charge in [-0.05, 0) is 30.5 Å². The zero-order chi connectivity index (χ0) is 15.3. The maximum absolute atomic E-state index is 13.2. The van der Waals surface area contributed by atoms with Crippen LogP contribution in [0.15, 0.2) is 24.3 Å². The van der Waals surface area contributed by atoms with E-state index in [1.165, 1.54) is 12.1 Å². The van der Waals surface area contributed by atoms with E-state index in [0.717, 1.165) is 31.2 Å². The van der Waals surface area contributed by atoms with E-state index in [1.54, 1.807) is 24.1 Å². The van der Waals surface area contributed by atoms with Crippen molar-refractivity contribution in [3.63, 3.8) is 0 Å². The first-order valence-corrected chi connectivity index (χ1v) is 7.49.